The number of halogens is 1. The van der Waals surface area contributed by atoms with Crippen LogP contribution in [0.4, 0.5) is 11.4 Å². The number of hydrogen-bond acceptors (Lipinski definition) is 7. The Labute approximate surface area is 197 Å². The average molecular weight is 490 g/mol. The lowest BCUT2D eigenvalue weighted by Gasteiger charge is -2.28. The fourth-order valence-corrected chi connectivity index (χ4v) is 3.36. The van der Waals surface area contributed by atoms with Crippen LogP contribution in [0.25, 0.3) is 6.08 Å². The molecule has 0 radical (unpaired) electrons. The van der Waals surface area contributed by atoms with Gasteiger partial charge in [-0.1, -0.05) is 11.6 Å². The van der Waals surface area contributed by atoms with Crippen LogP contribution in [0.15, 0.2) is 48.0 Å². The number of carbonyl (C=O) groups is 3. The number of rotatable bonds is 8. The smallest absolute Gasteiger partial charge is 0.303 e. The Morgan fingerprint density at radius 2 is 1.94 bits per heavy atom. The molecule has 1 aliphatic rings. The average Bonchev–Trinajstić information content (AvgIpc) is 2.75. The third-order valence-corrected chi connectivity index (χ3v) is 5.02. The largest absolute Gasteiger partial charge is 0.494 e. The number of carboxylic acid groups (broad SMARTS) is 1. The summed E-state index contributed by atoms with van der Waals surface area (Å²) in [5.74, 6) is -2.34. The zero-order valence-electron chi connectivity index (χ0n) is 16.8. The van der Waals surface area contributed by atoms with Gasteiger partial charge >= 0.3 is 5.97 Å². The van der Waals surface area contributed by atoms with Gasteiger partial charge < -0.3 is 9.84 Å². The highest BCUT2D eigenvalue weighted by atomic mass is 35.5. The zero-order valence-corrected chi connectivity index (χ0v) is 18.4. The maximum atomic E-state index is 13.1. The fourth-order valence-electron chi connectivity index (χ4n) is 2.96. The van der Waals surface area contributed by atoms with E-state index >= 15 is 0 Å². The molecule has 0 saturated carbocycles. The van der Waals surface area contributed by atoms with Crippen LogP contribution in [-0.4, -0.2) is 39.5 Å². The molecule has 2 N–H and O–H groups in total. The summed E-state index contributed by atoms with van der Waals surface area (Å²) in [6.45, 7) is 0.0676. The number of nitro groups is 1. The molecule has 12 heteroatoms. The number of hydrogen-bond donors (Lipinski definition) is 2. The Morgan fingerprint density at radius 1 is 1.24 bits per heavy atom. The second-order valence-corrected chi connectivity index (χ2v) is 7.58. The molecule has 0 bridgehead atoms. The molecule has 1 fully saturated rings. The minimum Gasteiger partial charge on any atom is -0.494 e. The molecule has 3 rings (SSSR count). The van der Waals surface area contributed by atoms with E-state index in [9.17, 15) is 24.5 Å². The Hall–Kier alpha value is -3.83. The first kappa shape index (κ1) is 23.8. The van der Waals surface area contributed by atoms with Gasteiger partial charge in [0.05, 0.1) is 22.8 Å². The van der Waals surface area contributed by atoms with Gasteiger partial charge in [-0.05, 0) is 61.1 Å². The van der Waals surface area contributed by atoms with E-state index in [2.05, 4.69) is 5.32 Å². The number of amides is 2. The third-order valence-electron chi connectivity index (χ3n) is 4.49. The van der Waals surface area contributed by atoms with E-state index in [4.69, 9.17) is 33.7 Å². The van der Waals surface area contributed by atoms with Crippen LogP contribution in [0.1, 0.15) is 18.4 Å². The number of aliphatic carboxylic acids is 1. The summed E-state index contributed by atoms with van der Waals surface area (Å²) in [6, 6.07) is 9.98. The number of ether oxygens (including phenoxy) is 1. The summed E-state index contributed by atoms with van der Waals surface area (Å²) in [6.07, 6.45) is 1.22. The van der Waals surface area contributed by atoms with Gasteiger partial charge in [-0.2, -0.15) is 0 Å². The molecule has 1 saturated heterocycles. The number of nitro benzene ring substituents is 1. The van der Waals surface area contributed by atoms with Crippen molar-refractivity contribution >= 4 is 64.2 Å². The standard InChI is InChI=1S/C21H16ClN3O7S/c22-13-3-5-14(6-4-13)24-20(29)16(19(28)23-21(24)33)11-12-10-15(7-8-17(12)25(30)31)32-9-1-2-18(26)27/h3-8,10-11H,1-2,9H2,(H,26,27)(H,23,28,33). The highest BCUT2D eigenvalue weighted by molar-refractivity contribution is 7.80. The molecule has 0 atom stereocenters. The minimum atomic E-state index is -0.974. The van der Waals surface area contributed by atoms with E-state index in [1.54, 1.807) is 12.1 Å². The Morgan fingerprint density at radius 3 is 2.58 bits per heavy atom. The molecule has 170 valence electrons. The molecule has 1 aliphatic heterocycles. The monoisotopic (exact) mass is 489 g/mol. The number of anilines is 1. The first-order valence-electron chi connectivity index (χ1n) is 9.47. The van der Waals surface area contributed by atoms with Crippen molar-refractivity contribution in [2.45, 2.75) is 12.8 Å². The Bertz CT molecular complexity index is 1180. The Kier molecular flexibility index (Phi) is 7.36. The topological polar surface area (TPSA) is 139 Å². The van der Waals surface area contributed by atoms with Crippen molar-refractivity contribution in [2.75, 3.05) is 11.5 Å². The SMILES string of the molecule is O=C(O)CCCOc1ccc([N+](=O)[O-])c(C=C2C(=O)NC(=S)N(c3ccc(Cl)cc3)C2=O)c1. The van der Waals surface area contributed by atoms with Crippen molar-refractivity contribution < 1.29 is 29.2 Å². The van der Waals surface area contributed by atoms with Crippen molar-refractivity contribution in [2.24, 2.45) is 0 Å². The lowest BCUT2D eigenvalue weighted by molar-refractivity contribution is -0.385. The predicted octanol–water partition coefficient (Wildman–Crippen LogP) is 3.32. The molecular formula is C21H16ClN3O7S. The highest BCUT2D eigenvalue weighted by Gasteiger charge is 2.35. The molecule has 1 heterocycles. The molecule has 33 heavy (non-hydrogen) atoms. The van der Waals surface area contributed by atoms with Crippen molar-refractivity contribution in [3.63, 3.8) is 0 Å². The van der Waals surface area contributed by atoms with Crippen LogP contribution < -0.4 is 15.0 Å². The van der Waals surface area contributed by atoms with Crippen molar-refractivity contribution in [1.82, 2.24) is 5.32 Å². The van der Waals surface area contributed by atoms with Crippen molar-refractivity contribution in [3.05, 3.63) is 68.7 Å². The van der Waals surface area contributed by atoms with Gasteiger partial charge in [0.15, 0.2) is 5.11 Å². The predicted molar refractivity (Wildman–Crippen MR) is 123 cm³/mol. The van der Waals surface area contributed by atoms with Crippen LogP contribution in [-0.2, 0) is 14.4 Å². The van der Waals surface area contributed by atoms with Gasteiger partial charge in [0.25, 0.3) is 17.5 Å². The summed E-state index contributed by atoms with van der Waals surface area (Å²) in [5.41, 5.74) is -0.416. The summed E-state index contributed by atoms with van der Waals surface area (Å²) < 4.78 is 5.45. The molecule has 2 aromatic carbocycles. The van der Waals surface area contributed by atoms with E-state index in [0.29, 0.717) is 10.7 Å². The zero-order chi connectivity index (χ0) is 24.1. The number of nitrogens with zero attached hydrogens (tertiary/aromatic N) is 2. The van der Waals surface area contributed by atoms with Crippen molar-refractivity contribution in [3.8, 4) is 5.75 Å². The van der Waals surface area contributed by atoms with Gasteiger partial charge in [-0.25, -0.2) is 0 Å². The summed E-state index contributed by atoms with van der Waals surface area (Å²) >= 11 is 11.0. The molecule has 0 aromatic heterocycles. The number of nitrogens with one attached hydrogen (secondary N) is 1. The van der Waals surface area contributed by atoms with Gasteiger partial charge in [-0.3, -0.25) is 34.7 Å². The fraction of sp³-hybridized carbons (Fsp3) is 0.143. The van der Waals surface area contributed by atoms with E-state index in [0.717, 1.165) is 11.0 Å². The second-order valence-electron chi connectivity index (χ2n) is 6.76. The van der Waals surface area contributed by atoms with Gasteiger partial charge in [0.2, 0.25) is 0 Å². The van der Waals surface area contributed by atoms with Crippen molar-refractivity contribution in [1.29, 1.82) is 0 Å². The number of benzene rings is 2. The molecule has 0 unspecified atom stereocenters. The van der Waals surface area contributed by atoms with Gasteiger partial charge in [-0.15, -0.1) is 0 Å². The lowest BCUT2D eigenvalue weighted by Crippen LogP contribution is -2.54. The third kappa shape index (κ3) is 5.70. The van der Waals surface area contributed by atoms with E-state index in [1.165, 1.54) is 30.3 Å². The molecule has 0 spiro atoms. The van der Waals surface area contributed by atoms with Crippen LogP contribution >= 0.6 is 23.8 Å². The normalized spacial score (nSPS) is 14.9. The molecular weight excluding hydrogens is 474 g/mol. The minimum absolute atomic E-state index is 0.0434. The highest BCUT2D eigenvalue weighted by Crippen LogP contribution is 2.29. The van der Waals surface area contributed by atoms with E-state index < -0.39 is 22.7 Å². The Balaban J connectivity index is 1.95. The summed E-state index contributed by atoms with van der Waals surface area (Å²) in [4.78, 5) is 48.1. The molecule has 2 aromatic rings. The number of carbonyl (C=O) groups excluding carboxylic acids is 2. The van der Waals surface area contributed by atoms with E-state index in [-0.39, 0.29) is 47.1 Å². The number of thiocarbonyl (C=S) groups is 1. The molecule has 2 amide bonds. The maximum Gasteiger partial charge on any atom is 0.303 e. The van der Waals surface area contributed by atoms with Crippen LogP contribution in [0.3, 0.4) is 0 Å². The summed E-state index contributed by atoms with van der Waals surface area (Å²) in [7, 11) is 0. The quantitative estimate of drug-likeness (QED) is 0.144. The van der Waals surface area contributed by atoms with Crippen LogP contribution in [0, 0.1) is 10.1 Å². The first-order valence-corrected chi connectivity index (χ1v) is 10.3. The summed E-state index contributed by atoms with van der Waals surface area (Å²) in [5, 5.41) is 22.9. The second kappa shape index (κ2) is 10.2. The maximum absolute atomic E-state index is 13.1. The lowest BCUT2D eigenvalue weighted by atomic mass is 10.1. The van der Waals surface area contributed by atoms with E-state index in [1.807, 2.05) is 0 Å². The number of carboxylic acids is 1. The molecule has 0 aliphatic carbocycles. The van der Waals surface area contributed by atoms with Crippen LogP contribution in [0.5, 0.6) is 5.75 Å². The van der Waals surface area contributed by atoms with Crippen LogP contribution in [0.2, 0.25) is 5.02 Å². The first-order chi connectivity index (χ1) is 15.7. The van der Waals surface area contributed by atoms with Gasteiger partial charge in [0, 0.05) is 17.5 Å². The molecule has 10 nitrogen and oxygen atoms in total. The van der Waals surface area contributed by atoms with Gasteiger partial charge in [0.1, 0.15) is 11.3 Å².